The first kappa shape index (κ1) is 22.9. The van der Waals surface area contributed by atoms with Gasteiger partial charge < -0.3 is 4.74 Å². The highest BCUT2D eigenvalue weighted by atomic mass is 35.5. The molecule has 0 radical (unpaired) electrons. The Morgan fingerprint density at radius 1 is 0.938 bits per heavy atom. The largest absolute Gasteiger partial charge is 0.489 e. The van der Waals surface area contributed by atoms with Crippen LogP contribution in [0.4, 0.5) is 5.13 Å². The summed E-state index contributed by atoms with van der Waals surface area (Å²) in [7, 11) is 0. The number of hydrazone groups is 1. The molecule has 0 saturated carbocycles. The predicted octanol–water partition coefficient (Wildman–Crippen LogP) is 8.45. The molecule has 9 heteroatoms. The van der Waals surface area contributed by atoms with Crippen LogP contribution in [-0.2, 0) is 6.61 Å². The molecule has 0 amide bonds. The monoisotopic (exact) mass is 521 g/mol. The topological polar surface area (TPSA) is 46.5 Å². The fourth-order valence-electron chi connectivity index (χ4n) is 2.79. The van der Waals surface area contributed by atoms with Gasteiger partial charge in [0.25, 0.3) is 0 Å². The molecule has 0 spiro atoms. The van der Waals surface area contributed by atoms with Crippen LogP contribution in [0.25, 0.3) is 11.3 Å². The van der Waals surface area contributed by atoms with Crippen LogP contribution in [-0.4, -0.2) is 11.2 Å². The molecular weight excluding hydrogens is 508 g/mol. The van der Waals surface area contributed by atoms with Crippen molar-refractivity contribution >= 4 is 69.1 Å². The summed E-state index contributed by atoms with van der Waals surface area (Å²) in [5, 5.41) is 9.11. The molecule has 0 unspecified atom stereocenters. The van der Waals surface area contributed by atoms with Gasteiger partial charge in [0, 0.05) is 31.6 Å². The average Bonchev–Trinajstić information content (AvgIpc) is 3.22. The van der Waals surface area contributed by atoms with E-state index in [1.54, 1.807) is 30.5 Å². The molecule has 162 valence electrons. The van der Waals surface area contributed by atoms with Crippen molar-refractivity contribution in [1.29, 1.82) is 0 Å². The summed E-state index contributed by atoms with van der Waals surface area (Å²) < 4.78 is 5.85. The quantitative estimate of drug-likeness (QED) is 0.195. The molecule has 0 atom stereocenters. The third kappa shape index (κ3) is 5.94. The van der Waals surface area contributed by atoms with Crippen LogP contribution in [0.2, 0.25) is 20.1 Å². The zero-order valence-corrected chi connectivity index (χ0v) is 20.2. The van der Waals surface area contributed by atoms with Gasteiger partial charge in [-0.2, -0.15) is 5.10 Å². The van der Waals surface area contributed by atoms with Crippen LogP contribution in [0.1, 0.15) is 11.1 Å². The second-order valence-corrected chi connectivity index (χ2v) is 9.17. The summed E-state index contributed by atoms with van der Waals surface area (Å²) in [6.07, 6.45) is 1.69. The van der Waals surface area contributed by atoms with Gasteiger partial charge in [0.15, 0.2) is 0 Å². The maximum atomic E-state index is 6.26. The highest BCUT2D eigenvalue weighted by molar-refractivity contribution is 7.14. The number of anilines is 1. The lowest BCUT2D eigenvalue weighted by atomic mass is 10.2. The van der Waals surface area contributed by atoms with Crippen molar-refractivity contribution in [3.05, 3.63) is 97.3 Å². The third-order valence-electron chi connectivity index (χ3n) is 4.35. The minimum absolute atomic E-state index is 0.337. The Bertz CT molecular complexity index is 1280. The van der Waals surface area contributed by atoms with E-state index in [0.717, 1.165) is 22.4 Å². The Kier molecular flexibility index (Phi) is 7.55. The Morgan fingerprint density at radius 2 is 1.72 bits per heavy atom. The number of hydrogen-bond acceptors (Lipinski definition) is 5. The standard InChI is InChI=1S/C23H15Cl4N3OS/c24-16-5-4-15(20(26)9-16)12-31-18-3-1-2-14(8-18)11-28-30-23-29-22(13-32-23)19-7-6-17(25)10-21(19)27/h1-11,13H,12H2,(H,29,30)/b28-11-. The molecule has 1 aromatic heterocycles. The molecule has 3 aromatic carbocycles. The van der Waals surface area contributed by atoms with Crippen molar-refractivity contribution in [2.45, 2.75) is 6.61 Å². The molecule has 32 heavy (non-hydrogen) atoms. The molecule has 0 aliphatic rings. The van der Waals surface area contributed by atoms with Crippen LogP contribution in [0.5, 0.6) is 5.75 Å². The zero-order valence-electron chi connectivity index (χ0n) is 16.4. The number of benzene rings is 3. The molecule has 1 N–H and O–H groups in total. The van der Waals surface area contributed by atoms with E-state index in [1.165, 1.54) is 11.3 Å². The molecule has 0 aliphatic carbocycles. The minimum Gasteiger partial charge on any atom is -0.489 e. The Hall–Kier alpha value is -2.28. The van der Waals surface area contributed by atoms with Gasteiger partial charge in [-0.05, 0) is 48.0 Å². The lowest BCUT2D eigenvalue weighted by molar-refractivity contribution is 0.306. The molecule has 0 bridgehead atoms. The van der Waals surface area contributed by atoms with E-state index in [2.05, 4.69) is 15.5 Å². The highest BCUT2D eigenvalue weighted by Gasteiger charge is 2.08. The summed E-state index contributed by atoms with van der Waals surface area (Å²) >= 11 is 25.8. The molecular formula is C23H15Cl4N3OS. The highest BCUT2D eigenvalue weighted by Crippen LogP contribution is 2.32. The van der Waals surface area contributed by atoms with Crippen LogP contribution in [0, 0.1) is 0 Å². The van der Waals surface area contributed by atoms with Gasteiger partial charge >= 0.3 is 0 Å². The molecule has 4 nitrogen and oxygen atoms in total. The lowest BCUT2D eigenvalue weighted by Crippen LogP contribution is -1.97. The fraction of sp³-hybridized carbons (Fsp3) is 0.0435. The normalized spacial score (nSPS) is 11.1. The van der Waals surface area contributed by atoms with Crippen molar-refractivity contribution in [3.8, 4) is 17.0 Å². The number of rotatable bonds is 7. The van der Waals surface area contributed by atoms with Crippen molar-refractivity contribution in [1.82, 2.24) is 4.98 Å². The maximum Gasteiger partial charge on any atom is 0.203 e. The molecule has 0 fully saturated rings. The van der Waals surface area contributed by atoms with E-state index in [4.69, 9.17) is 51.1 Å². The molecule has 1 heterocycles. The Morgan fingerprint density at radius 3 is 2.50 bits per heavy atom. The third-order valence-corrected chi connectivity index (χ3v) is 6.23. The zero-order chi connectivity index (χ0) is 22.5. The number of ether oxygens (including phenoxy) is 1. The molecule has 4 aromatic rings. The summed E-state index contributed by atoms with van der Waals surface area (Å²) in [4.78, 5) is 4.52. The number of thiazole rings is 1. The second-order valence-electron chi connectivity index (χ2n) is 6.63. The van der Waals surface area contributed by atoms with Gasteiger partial charge in [-0.15, -0.1) is 11.3 Å². The maximum absolute atomic E-state index is 6.26. The molecule has 0 saturated heterocycles. The van der Waals surface area contributed by atoms with E-state index in [1.807, 2.05) is 41.8 Å². The summed E-state index contributed by atoms with van der Waals surface area (Å²) in [6.45, 7) is 0.337. The number of nitrogens with one attached hydrogen (secondary N) is 1. The number of hydrogen-bond donors (Lipinski definition) is 1. The van der Waals surface area contributed by atoms with Crippen LogP contribution >= 0.6 is 57.7 Å². The van der Waals surface area contributed by atoms with E-state index < -0.39 is 0 Å². The smallest absolute Gasteiger partial charge is 0.203 e. The average molecular weight is 523 g/mol. The van der Waals surface area contributed by atoms with Crippen molar-refractivity contribution < 1.29 is 4.74 Å². The van der Waals surface area contributed by atoms with E-state index in [-0.39, 0.29) is 0 Å². The Labute approximate surface area is 209 Å². The van der Waals surface area contributed by atoms with Gasteiger partial charge in [0.05, 0.1) is 16.9 Å². The van der Waals surface area contributed by atoms with E-state index in [0.29, 0.717) is 37.6 Å². The molecule has 4 rings (SSSR count). The summed E-state index contributed by atoms with van der Waals surface area (Å²) in [6, 6.07) is 18.2. The first-order valence-electron chi connectivity index (χ1n) is 9.35. The number of nitrogens with zero attached hydrogens (tertiary/aromatic N) is 2. The first-order valence-corrected chi connectivity index (χ1v) is 11.7. The first-order chi connectivity index (χ1) is 15.5. The summed E-state index contributed by atoms with van der Waals surface area (Å²) in [5.41, 5.74) is 6.24. The van der Waals surface area contributed by atoms with Crippen LogP contribution in [0.3, 0.4) is 0 Å². The van der Waals surface area contributed by atoms with Gasteiger partial charge in [0.1, 0.15) is 12.4 Å². The van der Waals surface area contributed by atoms with Gasteiger partial charge in [0.2, 0.25) is 5.13 Å². The fourth-order valence-corrected chi connectivity index (χ4v) is 4.42. The number of aromatic nitrogens is 1. The Balaban J connectivity index is 1.37. The SMILES string of the molecule is Clc1ccc(COc2cccc(/C=N\Nc3nc(-c4ccc(Cl)cc4Cl)cs3)c2)c(Cl)c1. The van der Waals surface area contributed by atoms with Gasteiger partial charge in [-0.25, -0.2) is 4.98 Å². The summed E-state index contributed by atoms with van der Waals surface area (Å²) in [5.74, 6) is 0.703. The van der Waals surface area contributed by atoms with Gasteiger partial charge in [-0.1, -0.05) is 64.6 Å². The van der Waals surface area contributed by atoms with E-state index in [9.17, 15) is 0 Å². The van der Waals surface area contributed by atoms with Crippen molar-refractivity contribution in [2.24, 2.45) is 5.10 Å². The van der Waals surface area contributed by atoms with Crippen LogP contribution in [0.15, 0.2) is 71.1 Å². The number of halogens is 4. The van der Waals surface area contributed by atoms with E-state index >= 15 is 0 Å². The lowest BCUT2D eigenvalue weighted by Gasteiger charge is -2.08. The molecule has 0 aliphatic heterocycles. The second kappa shape index (κ2) is 10.6. The van der Waals surface area contributed by atoms with Crippen molar-refractivity contribution in [2.75, 3.05) is 5.43 Å². The predicted molar refractivity (Wildman–Crippen MR) is 136 cm³/mol. The van der Waals surface area contributed by atoms with Crippen LogP contribution < -0.4 is 10.2 Å². The van der Waals surface area contributed by atoms with Gasteiger partial charge in [-0.3, -0.25) is 5.43 Å². The minimum atomic E-state index is 0.337. The van der Waals surface area contributed by atoms with Crippen molar-refractivity contribution in [3.63, 3.8) is 0 Å².